The van der Waals surface area contributed by atoms with E-state index in [1.54, 1.807) is 0 Å². The van der Waals surface area contributed by atoms with Gasteiger partial charge in [0, 0.05) is 12.6 Å². The first kappa shape index (κ1) is 10.8. The summed E-state index contributed by atoms with van der Waals surface area (Å²) in [5.74, 6) is 0.116. The highest BCUT2D eigenvalue weighted by Gasteiger charge is 2.29. The summed E-state index contributed by atoms with van der Waals surface area (Å²) >= 11 is 0. The second kappa shape index (κ2) is 3.70. The summed E-state index contributed by atoms with van der Waals surface area (Å²) in [7, 11) is 0. The van der Waals surface area contributed by atoms with Crippen LogP contribution in [0, 0.1) is 0 Å². The Morgan fingerprint density at radius 3 is 2.44 bits per heavy atom. The Balaban J connectivity index is 2.71. The summed E-state index contributed by atoms with van der Waals surface area (Å²) in [4.78, 5) is 23.8. The molecule has 6 heteroatoms. The summed E-state index contributed by atoms with van der Waals surface area (Å²) in [5.41, 5.74) is 10.5. The second-order valence-corrected chi connectivity index (χ2v) is 4.14. The Kier molecular flexibility index (Phi) is 2.49. The zero-order valence-corrected chi connectivity index (χ0v) is 9.27. The van der Waals surface area contributed by atoms with Gasteiger partial charge in [0.25, 0.3) is 5.56 Å². The maximum Gasteiger partial charge on any atom is 0.332 e. The molecule has 0 aromatic carbocycles. The molecule has 0 bridgehead atoms. The lowest BCUT2D eigenvalue weighted by Gasteiger charge is -2.13. The molecule has 4 N–H and O–H groups in total. The summed E-state index contributed by atoms with van der Waals surface area (Å²) in [6, 6.07) is 0.124. The highest BCUT2D eigenvalue weighted by atomic mass is 16.2. The molecule has 1 aromatic rings. The molecule has 2 rings (SSSR count). The molecule has 0 amide bonds. The molecular weight excluding hydrogens is 208 g/mol. The van der Waals surface area contributed by atoms with Gasteiger partial charge >= 0.3 is 5.69 Å². The van der Waals surface area contributed by atoms with E-state index in [-0.39, 0.29) is 23.2 Å². The van der Waals surface area contributed by atoms with Crippen LogP contribution in [0.2, 0.25) is 0 Å². The Morgan fingerprint density at radius 2 is 1.94 bits per heavy atom. The van der Waals surface area contributed by atoms with Crippen LogP contribution in [0.4, 0.5) is 11.5 Å². The lowest BCUT2D eigenvalue weighted by Crippen LogP contribution is -2.42. The topological polar surface area (TPSA) is 96.0 Å². The minimum atomic E-state index is -0.471. The van der Waals surface area contributed by atoms with Crippen LogP contribution in [-0.4, -0.2) is 9.13 Å². The van der Waals surface area contributed by atoms with E-state index >= 15 is 0 Å². The van der Waals surface area contributed by atoms with E-state index in [4.69, 9.17) is 11.5 Å². The molecule has 1 saturated carbocycles. The minimum Gasteiger partial charge on any atom is -0.391 e. The van der Waals surface area contributed by atoms with Crippen molar-refractivity contribution in [2.45, 2.75) is 38.8 Å². The zero-order valence-electron chi connectivity index (χ0n) is 9.27. The maximum atomic E-state index is 12.0. The van der Waals surface area contributed by atoms with Gasteiger partial charge in [-0.05, 0) is 19.3 Å². The quantitative estimate of drug-likeness (QED) is 0.750. The first-order chi connectivity index (χ1) is 7.57. The number of nitrogen functional groups attached to an aromatic ring is 2. The summed E-state index contributed by atoms with van der Waals surface area (Å²) in [5, 5.41) is 0. The molecule has 0 aliphatic heterocycles. The van der Waals surface area contributed by atoms with Crippen LogP contribution in [0.25, 0.3) is 0 Å². The van der Waals surface area contributed by atoms with Crippen LogP contribution in [-0.2, 0) is 6.54 Å². The zero-order chi connectivity index (χ0) is 11.9. The van der Waals surface area contributed by atoms with Gasteiger partial charge in [0.15, 0.2) is 0 Å². The van der Waals surface area contributed by atoms with Gasteiger partial charge in [-0.15, -0.1) is 0 Å². The fraction of sp³-hybridized carbons (Fsp3) is 0.600. The van der Waals surface area contributed by atoms with Gasteiger partial charge in [-0.25, -0.2) is 4.79 Å². The lowest BCUT2D eigenvalue weighted by atomic mass is 10.4. The molecule has 1 aromatic heterocycles. The van der Waals surface area contributed by atoms with Gasteiger partial charge in [0.2, 0.25) is 0 Å². The van der Waals surface area contributed by atoms with E-state index in [9.17, 15) is 9.59 Å². The van der Waals surface area contributed by atoms with Gasteiger partial charge in [-0.3, -0.25) is 13.9 Å². The van der Waals surface area contributed by atoms with E-state index in [0.29, 0.717) is 13.0 Å². The standard InChI is InChI=1S/C10H16N4O2/c1-2-5-13-9(15)7(11)8(12)14(10(13)16)6-3-4-6/h6H,2-5,11-12H2,1H3. The van der Waals surface area contributed by atoms with Gasteiger partial charge < -0.3 is 11.5 Å². The van der Waals surface area contributed by atoms with Crippen LogP contribution in [0.1, 0.15) is 32.2 Å². The van der Waals surface area contributed by atoms with E-state index in [1.165, 1.54) is 9.13 Å². The van der Waals surface area contributed by atoms with Crippen LogP contribution < -0.4 is 22.7 Å². The fourth-order valence-corrected chi connectivity index (χ4v) is 1.81. The van der Waals surface area contributed by atoms with Crippen LogP contribution in [0.5, 0.6) is 0 Å². The predicted octanol–water partition coefficient (Wildman–Crippen LogP) is -0.0807. The van der Waals surface area contributed by atoms with Crippen molar-refractivity contribution in [1.29, 1.82) is 0 Å². The van der Waals surface area contributed by atoms with Gasteiger partial charge in [-0.2, -0.15) is 0 Å². The average Bonchev–Trinajstić information content (AvgIpc) is 3.06. The molecule has 1 heterocycles. The van der Waals surface area contributed by atoms with Crippen molar-refractivity contribution in [3.63, 3.8) is 0 Å². The Labute approximate surface area is 92.5 Å². The van der Waals surface area contributed by atoms with Crippen LogP contribution in [0.15, 0.2) is 9.59 Å². The van der Waals surface area contributed by atoms with Crippen LogP contribution in [0.3, 0.4) is 0 Å². The molecule has 0 radical (unpaired) electrons. The molecular formula is C10H16N4O2. The smallest absolute Gasteiger partial charge is 0.332 e. The van der Waals surface area contributed by atoms with Crippen molar-refractivity contribution < 1.29 is 0 Å². The molecule has 1 aliphatic rings. The van der Waals surface area contributed by atoms with E-state index < -0.39 is 5.56 Å². The minimum absolute atomic E-state index is 0.0139. The lowest BCUT2D eigenvalue weighted by molar-refractivity contribution is 0.560. The predicted molar refractivity (Wildman–Crippen MR) is 62.3 cm³/mol. The molecule has 6 nitrogen and oxygen atoms in total. The number of hydrogen-bond acceptors (Lipinski definition) is 4. The van der Waals surface area contributed by atoms with Crippen molar-refractivity contribution >= 4 is 11.5 Å². The Bertz CT molecular complexity index is 525. The number of hydrogen-bond donors (Lipinski definition) is 2. The first-order valence-electron chi connectivity index (χ1n) is 5.48. The third-order valence-electron chi connectivity index (χ3n) is 2.81. The molecule has 0 unspecified atom stereocenters. The monoisotopic (exact) mass is 224 g/mol. The van der Waals surface area contributed by atoms with Crippen LogP contribution >= 0.6 is 0 Å². The third kappa shape index (κ3) is 1.50. The maximum absolute atomic E-state index is 12.0. The molecule has 0 saturated heterocycles. The number of anilines is 2. The largest absolute Gasteiger partial charge is 0.391 e. The van der Waals surface area contributed by atoms with Crippen molar-refractivity contribution in [2.75, 3.05) is 11.5 Å². The number of rotatable bonds is 3. The summed E-state index contributed by atoms with van der Waals surface area (Å²) < 4.78 is 2.62. The molecule has 88 valence electrons. The van der Waals surface area contributed by atoms with Crippen molar-refractivity contribution in [2.24, 2.45) is 0 Å². The summed E-state index contributed by atoms with van der Waals surface area (Å²) in [6.45, 7) is 2.29. The number of aromatic nitrogens is 2. The highest BCUT2D eigenvalue weighted by Crippen LogP contribution is 2.35. The Hall–Kier alpha value is -1.72. The van der Waals surface area contributed by atoms with Crippen molar-refractivity contribution in [3.8, 4) is 0 Å². The summed E-state index contributed by atoms with van der Waals surface area (Å²) in [6.07, 6.45) is 2.56. The second-order valence-electron chi connectivity index (χ2n) is 4.14. The normalized spacial score (nSPS) is 15.3. The molecule has 0 spiro atoms. The molecule has 1 fully saturated rings. The third-order valence-corrected chi connectivity index (χ3v) is 2.81. The first-order valence-corrected chi connectivity index (χ1v) is 5.48. The molecule has 1 aliphatic carbocycles. The van der Waals surface area contributed by atoms with E-state index in [1.807, 2.05) is 6.92 Å². The van der Waals surface area contributed by atoms with Crippen molar-refractivity contribution in [1.82, 2.24) is 9.13 Å². The van der Waals surface area contributed by atoms with Gasteiger partial charge in [0.05, 0.1) is 0 Å². The molecule has 16 heavy (non-hydrogen) atoms. The van der Waals surface area contributed by atoms with Gasteiger partial charge in [0.1, 0.15) is 11.5 Å². The van der Waals surface area contributed by atoms with Gasteiger partial charge in [-0.1, -0.05) is 6.92 Å². The van der Waals surface area contributed by atoms with Crippen molar-refractivity contribution in [3.05, 3.63) is 20.8 Å². The highest BCUT2D eigenvalue weighted by molar-refractivity contribution is 5.57. The number of nitrogens with two attached hydrogens (primary N) is 2. The number of nitrogens with zero attached hydrogens (tertiary/aromatic N) is 2. The Morgan fingerprint density at radius 1 is 1.31 bits per heavy atom. The average molecular weight is 224 g/mol. The fourth-order valence-electron chi connectivity index (χ4n) is 1.81. The SMILES string of the molecule is CCCn1c(=O)c(N)c(N)n(C2CC2)c1=O. The molecule has 0 atom stereocenters. The van der Waals surface area contributed by atoms with E-state index in [0.717, 1.165) is 12.8 Å². The van der Waals surface area contributed by atoms with E-state index in [2.05, 4.69) is 0 Å².